The molecule has 0 spiro atoms. The summed E-state index contributed by atoms with van der Waals surface area (Å²) in [5.74, 6) is -0.357. The van der Waals surface area contributed by atoms with E-state index in [1.165, 1.54) is 12.1 Å². The van der Waals surface area contributed by atoms with E-state index in [-0.39, 0.29) is 37.1 Å². The third-order valence-corrected chi connectivity index (χ3v) is 3.24. The highest BCUT2D eigenvalue weighted by Gasteiger charge is 2.32. The van der Waals surface area contributed by atoms with E-state index >= 15 is 0 Å². The summed E-state index contributed by atoms with van der Waals surface area (Å²) >= 11 is 0. The first-order valence-electron chi connectivity index (χ1n) is 7.25. The number of nitrogens with two attached hydrogens (primary N) is 1. The molecule has 2 aromatic rings. The Morgan fingerprint density at radius 3 is 2.12 bits per heavy atom. The summed E-state index contributed by atoms with van der Waals surface area (Å²) in [6.07, 6.45) is -3.89. The molecule has 0 unspecified atom stereocenters. The molecule has 7 heteroatoms. The van der Waals surface area contributed by atoms with Crippen LogP contribution in [0.2, 0.25) is 0 Å². The molecule has 0 aliphatic rings. The van der Waals surface area contributed by atoms with Gasteiger partial charge in [0.2, 0.25) is 0 Å². The average Bonchev–Trinajstić information content (AvgIpc) is 2.52. The summed E-state index contributed by atoms with van der Waals surface area (Å²) in [6.45, 7) is 2.35. The van der Waals surface area contributed by atoms with Crippen molar-refractivity contribution in [3.05, 3.63) is 48.0 Å². The number of halogens is 4. The second-order valence-electron chi connectivity index (χ2n) is 4.90. The van der Waals surface area contributed by atoms with Crippen LogP contribution in [0.3, 0.4) is 0 Å². The molecule has 0 aromatic heterocycles. The average molecular weight is 362 g/mol. The Kier molecular flexibility index (Phi) is 7.38. The molecule has 132 valence electrons. The molecular weight excluding hydrogens is 343 g/mol. The molecule has 0 bridgehead atoms. The lowest BCUT2D eigenvalue weighted by molar-refractivity contribution is -0.275. The van der Waals surface area contributed by atoms with Crippen LogP contribution in [0, 0.1) is 0 Å². The third-order valence-electron chi connectivity index (χ3n) is 3.24. The van der Waals surface area contributed by atoms with Crippen molar-refractivity contribution < 1.29 is 22.6 Å². The molecule has 0 aliphatic carbocycles. The second kappa shape index (κ2) is 8.80. The molecule has 2 N–H and O–H groups in total. The molecule has 0 saturated heterocycles. The predicted molar refractivity (Wildman–Crippen MR) is 89.7 cm³/mol. The van der Waals surface area contributed by atoms with Gasteiger partial charge in [-0.05, 0) is 35.2 Å². The maximum Gasteiger partial charge on any atom is 0.573 e. The van der Waals surface area contributed by atoms with Gasteiger partial charge >= 0.3 is 6.36 Å². The maximum absolute atomic E-state index is 12.6. The fourth-order valence-electron chi connectivity index (χ4n) is 2.11. The zero-order valence-corrected chi connectivity index (χ0v) is 13.9. The highest BCUT2D eigenvalue weighted by atomic mass is 35.5. The van der Waals surface area contributed by atoms with Crippen molar-refractivity contribution >= 4 is 12.4 Å². The van der Waals surface area contributed by atoms with E-state index in [2.05, 4.69) is 4.74 Å². The van der Waals surface area contributed by atoms with Crippen molar-refractivity contribution in [1.29, 1.82) is 0 Å². The Morgan fingerprint density at radius 1 is 0.958 bits per heavy atom. The lowest BCUT2D eigenvalue weighted by atomic mass is 10.0. The SMILES string of the molecule is CCc1ccc(-c2ccc(OCCN)c(OC(F)(F)F)c2)cc1.Cl. The number of alkyl halides is 3. The Labute approximate surface area is 145 Å². The zero-order chi connectivity index (χ0) is 16.9. The molecule has 0 heterocycles. The van der Waals surface area contributed by atoms with Crippen LogP contribution >= 0.6 is 12.4 Å². The Bertz CT molecular complexity index is 645. The molecule has 0 fully saturated rings. The van der Waals surface area contributed by atoms with Gasteiger partial charge in [-0.3, -0.25) is 0 Å². The first-order valence-corrected chi connectivity index (χ1v) is 7.25. The molecule has 0 saturated carbocycles. The normalized spacial score (nSPS) is 10.9. The lowest BCUT2D eigenvalue weighted by Crippen LogP contribution is -2.18. The largest absolute Gasteiger partial charge is 0.573 e. The van der Waals surface area contributed by atoms with Crippen molar-refractivity contribution in [2.45, 2.75) is 19.7 Å². The van der Waals surface area contributed by atoms with Gasteiger partial charge in [-0.15, -0.1) is 25.6 Å². The third kappa shape index (κ3) is 5.62. The maximum atomic E-state index is 12.6. The number of hydrogen-bond donors (Lipinski definition) is 1. The minimum absolute atomic E-state index is 0. The summed E-state index contributed by atoms with van der Waals surface area (Å²) in [7, 11) is 0. The number of benzene rings is 2. The van der Waals surface area contributed by atoms with Crippen molar-refractivity contribution in [3.63, 3.8) is 0 Å². The lowest BCUT2D eigenvalue weighted by Gasteiger charge is -2.15. The molecule has 24 heavy (non-hydrogen) atoms. The molecule has 0 aliphatic heterocycles. The molecule has 2 rings (SSSR count). The molecule has 0 amide bonds. The highest BCUT2D eigenvalue weighted by molar-refractivity contribution is 5.85. The van der Waals surface area contributed by atoms with Crippen LogP contribution in [-0.4, -0.2) is 19.5 Å². The first-order chi connectivity index (χ1) is 10.9. The van der Waals surface area contributed by atoms with Crippen molar-refractivity contribution in [2.24, 2.45) is 5.73 Å². The number of rotatable bonds is 6. The van der Waals surface area contributed by atoms with Gasteiger partial charge in [-0.2, -0.15) is 0 Å². The molecule has 2 aromatic carbocycles. The predicted octanol–water partition coefficient (Wildman–Crippen LogP) is 4.57. The van der Waals surface area contributed by atoms with E-state index in [9.17, 15) is 13.2 Å². The van der Waals surface area contributed by atoms with E-state index in [4.69, 9.17) is 10.5 Å². The highest BCUT2D eigenvalue weighted by Crippen LogP contribution is 2.36. The topological polar surface area (TPSA) is 44.5 Å². The quantitative estimate of drug-likeness (QED) is 0.819. The summed E-state index contributed by atoms with van der Waals surface area (Å²) < 4.78 is 47.0. The fraction of sp³-hybridized carbons (Fsp3) is 0.294. The van der Waals surface area contributed by atoms with Gasteiger partial charge in [0.25, 0.3) is 0 Å². The van der Waals surface area contributed by atoms with Crippen molar-refractivity contribution in [2.75, 3.05) is 13.2 Å². The van der Waals surface area contributed by atoms with Crippen molar-refractivity contribution in [1.82, 2.24) is 0 Å². The summed E-state index contributed by atoms with van der Waals surface area (Å²) in [5, 5.41) is 0. The Morgan fingerprint density at radius 2 is 1.58 bits per heavy atom. The first kappa shape index (κ1) is 20.1. The van der Waals surface area contributed by atoms with Crippen LogP contribution in [0.1, 0.15) is 12.5 Å². The van der Waals surface area contributed by atoms with E-state index in [0.29, 0.717) is 5.56 Å². The smallest absolute Gasteiger partial charge is 0.488 e. The molecule has 0 radical (unpaired) electrons. The van der Waals surface area contributed by atoms with Crippen LogP contribution in [0.4, 0.5) is 13.2 Å². The van der Waals surface area contributed by atoms with E-state index in [0.717, 1.165) is 17.5 Å². The Balaban J connectivity index is 0.00000288. The number of ether oxygens (including phenoxy) is 2. The standard InChI is InChI=1S/C17H18F3NO2.ClH/c1-2-12-3-5-13(6-4-12)14-7-8-15(22-10-9-21)16(11-14)23-17(18,19)20;/h3-8,11H,2,9-10,21H2,1H3;1H. The second-order valence-corrected chi connectivity index (χ2v) is 4.90. The number of hydrogen-bond acceptors (Lipinski definition) is 3. The van der Waals surface area contributed by atoms with Gasteiger partial charge in [0, 0.05) is 6.54 Å². The van der Waals surface area contributed by atoms with Gasteiger partial charge in [-0.1, -0.05) is 37.3 Å². The van der Waals surface area contributed by atoms with Crippen LogP contribution in [-0.2, 0) is 6.42 Å². The van der Waals surface area contributed by atoms with Gasteiger partial charge in [0.15, 0.2) is 11.5 Å². The number of aryl methyl sites for hydroxylation is 1. The molecule has 0 atom stereocenters. The summed E-state index contributed by atoms with van der Waals surface area (Å²) in [6, 6.07) is 12.1. The minimum atomic E-state index is -4.79. The Hall–Kier alpha value is -1.92. The van der Waals surface area contributed by atoms with Crippen LogP contribution in [0.25, 0.3) is 11.1 Å². The summed E-state index contributed by atoms with van der Waals surface area (Å²) in [4.78, 5) is 0. The monoisotopic (exact) mass is 361 g/mol. The van der Waals surface area contributed by atoms with Crippen LogP contribution in [0.15, 0.2) is 42.5 Å². The van der Waals surface area contributed by atoms with Gasteiger partial charge in [0.1, 0.15) is 6.61 Å². The van der Waals surface area contributed by atoms with E-state index in [1.807, 2.05) is 31.2 Å². The summed E-state index contributed by atoms with van der Waals surface area (Å²) in [5.41, 5.74) is 7.89. The van der Waals surface area contributed by atoms with Gasteiger partial charge in [0.05, 0.1) is 0 Å². The minimum Gasteiger partial charge on any atom is -0.488 e. The van der Waals surface area contributed by atoms with Gasteiger partial charge in [-0.25, -0.2) is 0 Å². The van der Waals surface area contributed by atoms with E-state index in [1.54, 1.807) is 6.07 Å². The molecule has 3 nitrogen and oxygen atoms in total. The zero-order valence-electron chi connectivity index (χ0n) is 13.1. The van der Waals surface area contributed by atoms with Crippen LogP contribution < -0.4 is 15.2 Å². The van der Waals surface area contributed by atoms with Crippen molar-refractivity contribution in [3.8, 4) is 22.6 Å². The fourth-order valence-corrected chi connectivity index (χ4v) is 2.11. The van der Waals surface area contributed by atoms with Gasteiger partial charge < -0.3 is 15.2 Å². The van der Waals surface area contributed by atoms with Crippen LogP contribution in [0.5, 0.6) is 11.5 Å². The van der Waals surface area contributed by atoms with E-state index < -0.39 is 6.36 Å². The molecular formula is C17H19ClF3NO2.